The van der Waals surface area contributed by atoms with Crippen molar-refractivity contribution < 1.29 is 17.9 Å². The van der Waals surface area contributed by atoms with Gasteiger partial charge in [-0.2, -0.15) is 5.26 Å². The summed E-state index contributed by atoms with van der Waals surface area (Å²) < 4.78 is 31.1. The third-order valence-electron chi connectivity index (χ3n) is 4.71. The van der Waals surface area contributed by atoms with E-state index in [1.165, 1.54) is 12.1 Å². The van der Waals surface area contributed by atoms with Crippen LogP contribution in [0.2, 0.25) is 0 Å². The molecule has 0 spiro atoms. The van der Waals surface area contributed by atoms with Gasteiger partial charge >= 0.3 is 5.97 Å². The fourth-order valence-corrected chi connectivity index (χ4v) is 5.49. The van der Waals surface area contributed by atoms with Gasteiger partial charge in [0.1, 0.15) is 0 Å². The highest BCUT2D eigenvalue weighted by Crippen LogP contribution is 2.46. The molecular formula is C18H23NO4S. The molecule has 0 radical (unpaired) electrons. The van der Waals surface area contributed by atoms with Gasteiger partial charge in [-0.05, 0) is 31.9 Å². The highest BCUT2D eigenvalue weighted by atomic mass is 32.2. The summed E-state index contributed by atoms with van der Waals surface area (Å²) in [5.41, 5.74) is -0.867. The first-order valence-electron chi connectivity index (χ1n) is 8.30. The summed E-state index contributed by atoms with van der Waals surface area (Å²) >= 11 is 0. The summed E-state index contributed by atoms with van der Waals surface area (Å²) in [6.45, 7) is 1.96. The minimum Gasteiger partial charge on any atom is -0.466 e. The smallest absolute Gasteiger partial charge is 0.306 e. The van der Waals surface area contributed by atoms with Gasteiger partial charge in [-0.25, -0.2) is 8.42 Å². The molecule has 1 fully saturated rings. The van der Waals surface area contributed by atoms with Crippen molar-refractivity contribution in [1.29, 1.82) is 5.26 Å². The van der Waals surface area contributed by atoms with Crippen molar-refractivity contribution >= 4 is 15.8 Å². The van der Waals surface area contributed by atoms with Crippen LogP contribution in [0, 0.1) is 16.7 Å². The summed E-state index contributed by atoms with van der Waals surface area (Å²) in [5, 5.41) is 8.46. The summed E-state index contributed by atoms with van der Waals surface area (Å²) in [5.74, 6) is -0.428. The molecule has 0 saturated heterocycles. The molecule has 1 aromatic rings. The number of nitriles is 1. The summed E-state index contributed by atoms with van der Waals surface area (Å²) in [4.78, 5) is 12.2. The predicted octanol–water partition coefficient (Wildman–Crippen LogP) is 3.26. The van der Waals surface area contributed by atoms with Crippen LogP contribution in [0.3, 0.4) is 0 Å². The second kappa shape index (κ2) is 7.80. The Hall–Kier alpha value is -1.87. The van der Waals surface area contributed by atoms with E-state index >= 15 is 0 Å². The fourth-order valence-electron chi connectivity index (χ4n) is 3.57. The van der Waals surface area contributed by atoms with Gasteiger partial charge in [-0.15, -0.1) is 0 Å². The van der Waals surface area contributed by atoms with Crippen LogP contribution in [-0.4, -0.2) is 26.2 Å². The third kappa shape index (κ3) is 3.78. The monoisotopic (exact) mass is 349 g/mol. The Labute approximate surface area is 143 Å². The van der Waals surface area contributed by atoms with E-state index in [4.69, 9.17) is 4.74 Å². The van der Waals surface area contributed by atoms with Crippen molar-refractivity contribution in [1.82, 2.24) is 0 Å². The summed E-state index contributed by atoms with van der Waals surface area (Å²) in [6, 6.07) is 10.0. The van der Waals surface area contributed by atoms with Gasteiger partial charge in [0.25, 0.3) is 0 Å². The maximum atomic E-state index is 13.0. The van der Waals surface area contributed by atoms with Crippen LogP contribution < -0.4 is 0 Å². The van der Waals surface area contributed by atoms with Crippen LogP contribution in [0.15, 0.2) is 35.2 Å². The Morgan fingerprint density at radius 3 is 2.42 bits per heavy atom. The molecule has 6 heteroatoms. The van der Waals surface area contributed by atoms with Gasteiger partial charge in [-0.3, -0.25) is 4.79 Å². The van der Waals surface area contributed by atoms with Gasteiger partial charge in [0.05, 0.1) is 24.0 Å². The first kappa shape index (κ1) is 18.5. The highest BCUT2D eigenvalue weighted by Gasteiger charge is 2.49. The van der Waals surface area contributed by atoms with Crippen molar-refractivity contribution in [3.05, 3.63) is 30.3 Å². The third-order valence-corrected chi connectivity index (χ3v) is 6.86. The van der Waals surface area contributed by atoms with Crippen LogP contribution in [0.5, 0.6) is 0 Å². The highest BCUT2D eigenvalue weighted by molar-refractivity contribution is 7.92. The molecule has 2 rings (SSSR count). The Kier molecular flexibility index (Phi) is 6.00. The SMILES string of the molecule is CCOC(=O)CC1(C(C#N)S(=O)(=O)c2ccccc2)CCCCC1. The van der Waals surface area contributed by atoms with E-state index in [-0.39, 0.29) is 17.9 Å². The van der Waals surface area contributed by atoms with Crippen LogP contribution in [0.4, 0.5) is 0 Å². The number of hydrogen-bond acceptors (Lipinski definition) is 5. The predicted molar refractivity (Wildman–Crippen MR) is 89.8 cm³/mol. The van der Waals surface area contributed by atoms with Crippen LogP contribution in [0.25, 0.3) is 0 Å². The van der Waals surface area contributed by atoms with Gasteiger partial charge in [0, 0.05) is 5.41 Å². The molecule has 1 aliphatic rings. The van der Waals surface area contributed by atoms with Gasteiger partial charge < -0.3 is 4.74 Å². The maximum absolute atomic E-state index is 13.0. The molecule has 1 unspecified atom stereocenters. The number of hydrogen-bond donors (Lipinski definition) is 0. The average Bonchev–Trinajstić information content (AvgIpc) is 2.57. The first-order valence-corrected chi connectivity index (χ1v) is 9.85. The van der Waals surface area contributed by atoms with Gasteiger partial charge in [0.15, 0.2) is 15.1 Å². The van der Waals surface area contributed by atoms with E-state index in [2.05, 4.69) is 0 Å². The van der Waals surface area contributed by atoms with Crippen molar-refractivity contribution in [3.8, 4) is 6.07 Å². The zero-order valence-corrected chi connectivity index (χ0v) is 14.7. The minimum atomic E-state index is -3.84. The Bertz CT molecular complexity index is 700. The first-order chi connectivity index (χ1) is 11.5. The number of nitrogens with zero attached hydrogens (tertiary/aromatic N) is 1. The lowest BCUT2D eigenvalue weighted by atomic mass is 9.69. The topological polar surface area (TPSA) is 84.2 Å². The molecule has 0 heterocycles. The molecule has 1 saturated carbocycles. The summed E-state index contributed by atoms with van der Waals surface area (Å²) in [6.07, 6.45) is 3.72. The number of sulfone groups is 1. The Balaban J connectivity index is 2.43. The second-order valence-corrected chi connectivity index (χ2v) is 8.30. The summed E-state index contributed by atoms with van der Waals surface area (Å²) in [7, 11) is -3.84. The van der Waals surface area contributed by atoms with E-state index in [1.54, 1.807) is 25.1 Å². The molecule has 0 aromatic heterocycles. The van der Waals surface area contributed by atoms with Crippen LogP contribution >= 0.6 is 0 Å². The van der Waals surface area contributed by atoms with Crippen LogP contribution in [-0.2, 0) is 19.4 Å². The standard InChI is InChI=1S/C18H23NO4S/c1-2-23-17(20)13-18(11-7-4-8-12-18)16(14-19)24(21,22)15-9-5-3-6-10-15/h3,5-6,9-10,16H,2,4,7-8,11-13H2,1H3. The number of carbonyl (C=O) groups excluding carboxylic acids is 1. The number of benzene rings is 1. The van der Waals surface area contributed by atoms with Crippen molar-refractivity contribution in [2.75, 3.05) is 6.61 Å². The number of ether oxygens (including phenoxy) is 1. The average molecular weight is 349 g/mol. The van der Waals surface area contributed by atoms with Crippen molar-refractivity contribution in [2.45, 2.75) is 55.6 Å². The van der Waals surface area contributed by atoms with Gasteiger partial charge in [0.2, 0.25) is 0 Å². The molecule has 1 aromatic carbocycles. The zero-order chi connectivity index (χ0) is 17.6. The van der Waals surface area contributed by atoms with Gasteiger partial charge in [-0.1, -0.05) is 37.5 Å². The van der Waals surface area contributed by atoms with E-state index in [0.29, 0.717) is 12.8 Å². The quantitative estimate of drug-likeness (QED) is 0.736. The molecule has 1 aliphatic carbocycles. The van der Waals surface area contributed by atoms with E-state index in [9.17, 15) is 18.5 Å². The van der Waals surface area contributed by atoms with Crippen molar-refractivity contribution in [3.63, 3.8) is 0 Å². The molecule has 130 valence electrons. The lowest BCUT2D eigenvalue weighted by molar-refractivity contribution is -0.146. The number of esters is 1. The molecule has 1 atom stereocenters. The Morgan fingerprint density at radius 1 is 1.25 bits per heavy atom. The number of carbonyl (C=O) groups is 1. The van der Waals surface area contributed by atoms with E-state index in [1.807, 2.05) is 6.07 Å². The normalized spacial score (nSPS) is 18.3. The number of rotatable bonds is 6. The lowest BCUT2D eigenvalue weighted by Crippen LogP contribution is -2.43. The molecule has 0 aliphatic heterocycles. The maximum Gasteiger partial charge on any atom is 0.306 e. The zero-order valence-electron chi connectivity index (χ0n) is 13.9. The van der Waals surface area contributed by atoms with E-state index in [0.717, 1.165) is 19.3 Å². The molecule has 0 amide bonds. The molecular weight excluding hydrogens is 326 g/mol. The molecule has 0 bridgehead atoms. The second-order valence-electron chi connectivity index (χ2n) is 6.27. The molecule has 0 N–H and O–H groups in total. The van der Waals surface area contributed by atoms with E-state index < -0.39 is 26.5 Å². The van der Waals surface area contributed by atoms with Crippen molar-refractivity contribution in [2.24, 2.45) is 5.41 Å². The Morgan fingerprint density at radius 2 is 1.88 bits per heavy atom. The van der Waals surface area contributed by atoms with Crippen LogP contribution in [0.1, 0.15) is 45.4 Å². The minimum absolute atomic E-state index is 0.0227. The molecule has 24 heavy (non-hydrogen) atoms. The largest absolute Gasteiger partial charge is 0.466 e. The molecule has 5 nitrogen and oxygen atoms in total. The fraction of sp³-hybridized carbons (Fsp3) is 0.556. The lowest BCUT2D eigenvalue weighted by Gasteiger charge is -2.39.